The van der Waals surface area contributed by atoms with Gasteiger partial charge in [0, 0.05) is 36.7 Å². The van der Waals surface area contributed by atoms with Gasteiger partial charge in [-0.25, -0.2) is 0 Å². The Bertz CT molecular complexity index is 2190. The fraction of sp³-hybridized carbons (Fsp3) is 0.0833. The summed E-state index contributed by atoms with van der Waals surface area (Å²) in [5.41, 5.74) is 10.5. The summed E-state index contributed by atoms with van der Waals surface area (Å²) in [7, 11) is 0. The molecular weight excluding hydrogens is 506 g/mol. The van der Waals surface area contributed by atoms with Crippen molar-refractivity contribution in [1.82, 2.24) is 4.68 Å². The first kappa shape index (κ1) is 23.2. The van der Waals surface area contributed by atoms with Crippen LogP contribution in [0.1, 0.15) is 25.3 Å². The lowest BCUT2D eigenvalue weighted by atomic mass is 10.0. The highest BCUT2D eigenvalue weighted by molar-refractivity contribution is 7.26. The van der Waals surface area contributed by atoms with Crippen LogP contribution in [0.4, 0.5) is 0 Å². The van der Waals surface area contributed by atoms with Gasteiger partial charge >= 0.3 is 0 Å². The summed E-state index contributed by atoms with van der Waals surface area (Å²) in [6, 6.07) is 37.1. The third kappa shape index (κ3) is 3.68. The van der Waals surface area contributed by atoms with Crippen molar-refractivity contribution in [2.45, 2.75) is 19.8 Å². The molecule has 2 aromatic heterocycles. The molecule has 0 radical (unpaired) electrons. The number of nitrogens with zero attached hydrogens (tertiary/aromatic N) is 2. The van der Waals surface area contributed by atoms with Gasteiger partial charge in [0.15, 0.2) is 0 Å². The van der Waals surface area contributed by atoms with Crippen LogP contribution in [-0.4, -0.2) is 10.4 Å². The maximum atomic E-state index is 5.11. The van der Waals surface area contributed by atoms with E-state index in [1.54, 1.807) is 0 Å². The van der Waals surface area contributed by atoms with Crippen molar-refractivity contribution < 1.29 is 0 Å². The monoisotopic (exact) mass is 533 g/mol. The molecule has 2 heterocycles. The Kier molecular flexibility index (Phi) is 5.35. The van der Waals surface area contributed by atoms with Gasteiger partial charge in [-0.2, -0.15) is 0 Å². The summed E-state index contributed by atoms with van der Waals surface area (Å²) in [5, 5.41) is 7.77. The van der Waals surface area contributed by atoms with E-state index in [9.17, 15) is 0 Å². The second-order valence-corrected chi connectivity index (χ2v) is 11.5. The van der Waals surface area contributed by atoms with Gasteiger partial charge < -0.3 is 0 Å². The number of hydrogen-bond donors (Lipinski definition) is 1. The molecule has 0 atom stereocenters. The molecular formula is C36H27N3S. The van der Waals surface area contributed by atoms with E-state index in [-0.39, 0.29) is 0 Å². The summed E-state index contributed by atoms with van der Waals surface area (Å²) >= 11 is 1.89. The highest BCUT2D eigenvalue weighted by Gasteiger charge is 2.17. The van der Waals surface area contributed by atoms with E-state index < -0.39 is 0 Å². The number of rotatable bonds is 4. The van der Waals surface area contributed by atoms with Crippen LogP contribution in [0.2, 0.25) is 0 Å². The fourth-order valence-corrected chi connectivity index (χ4v) is 7.28. The molecule has 1 aliphatic rings. The Balaban J connectivity index is 1.33. The second kappa shape index (κ2) is 9.22. The summed E-state index contributed by atoms with van der Waals surface area (Å²) in [4.78, 5) is 5.11. The zero-order chi connectivity index (χ0) is 26.6. The molecule has 4 heteroatoms. The van der Waals surface area contributed by atoms with Gasteiger partial charge in [-0.05, 0) is 60.4 Å². The number of benzene rings is 5. The normalized spacial score (nSPS) is 14.4. The van der Waals surface area contributed by atoms with Crippen molar-refractivity contribution in [3.63, 3.8) is 0 Å². The van der Waals surface area contributed by atoms with E-state index in [1.807, 2.05) is 17.4 Å². The number of nitrogens with one attached hydrogen (secondary N) is 1. The van der Waals surface area contributed by atoms with E-state index in [0.29, 0.717) is 0 Å². The first-order valence-corrected chi connectivity index (χ1v) is 14.6. The van der Waals surface area contributed by atoms with Crippen molar-refractivity contribution in [2.75, 3.05) is 5.43 Å². The van der Waals surface area contributed by atoms with Gasteiger partial charge in [0.05, 0.1) is 22.4 Å². The average Bonchev–Trinajstić information content (AvgIpc) is 3.52. The number of thiophene rings is 1. The lowest BCUT2D eigenvalue weighted by Gasteiger charge is -2.18. The van der Waals surface area contributed by atoms with Gasteiger partial charge in [0.25, 0.3) is 0 Å². The van der Waals surface area contributed by atoms with E-state index in [2.05, 4.69) is 126 Å². The minimum absolute atomic E-state index is 0.910. The molecule has 3 nitrogen and oxygen atoms in total. The van der Waals surface area contributed by atoms with Crippen LogP contribution in [-0.2, 0) is 0 Å². The van der Waals surface area contributed by atoms with Crippen LogP contribution in [0.15, 0.2) is 132 Å². The lowest BCUT2D eigenvalue weighted by Crippen LogP contribution is -2.16. The Morgan fingerprint density at radius 2 is 1.55 bits per heavy atom. The van der Waals surface area contributed by atoms with Gasteiger partial charge in [0.2, 0.25) is 0 Å². The molecule has 0 fully saturated rings. The highest BCUT2D eigenvalue weighted by Crippen LogP contribution is 2.42. The smallest absolute Gasteiger partial charge is 0.0758 e. The maximum Gasteiger partial charge on any atom is 0.0758 e. The minimum atomic E-state index is 0.910. The van der Waals surface area contributed by atoms with E-state index in [0.717, 1.165) is 35.5 Å². The molecule has 0 saturated heterocycles. The molecule has 7 aromatic rings. The van der Waals surface area contributed by atoms with Crippen LogP contribution >= 0.6 is 11.3 Å². The van der Waals surface area contributed by atoms with Crippen molar-refractivity contribution in [3.8, 4) is 0 Å². The first-order chi connectivity index (χ1) is 19.7. The SMILES string of the molecule is CC(=NC1=C(Nn2c3ccccc3c3cc4c(cc32)sc2c3ccccc3ccc42)C=CCC1)c1ccccc1. The highest BCUT2D eigenvalue weighted by atomic mass is 32.1. The van der Waals surface area contributed by atoms with Crippen LogP contribution in [0, 0.1) is 0 Å². The molecule has 1 aliphatic carbocycles. The Hall–Kier alpha value is -4.67. The van der Waals surface area contributed by atoms with Crippen LogP contribution in [0.3, 0.4) is 0 Å². The molecule has 0 aliphatic heterocycles. The summed E-state index contributed by atoms with van der Waals surface area (Å²) in [5.74, 6) is 0. The van der Waals surface area contributed by atoms with Crippen LogP contribution < -0.4 is 5.43 Å². The molecule has 0 amide bonds. The lowest BCUT2D eigenvalue weighted by molar-refractivity contribution is 0.893. The molecule has 8 rings (SSSR count). The summed E-state index contributed by atoms with van der Waals surface area (Å²) in [6.45, 7) is 2.10. The fourth-order valence-electron chi connectivity index (χ4n) is 6.02. The van der Waals surface area contributed by atoms with E-state index >= 15 is 0 Å². The van der Waals surface area contributed by atoms with E-state index in [4.69, 9.17) is 4.99 Å². The van der Waals surface area contributed by atoms with Gasteiger partial charge in [-0.3, -0.25) is 15.1 Å². The summed E-state index contributed by atoms with van der Waals surface area (Å²) in [6.07, 6.45) is 6.33. The third-order valence-corrected chi connectivity index (χ3v) is 9.23. The number of aromatic nitrogens is 1. The number of aliphatic imine (C=N–C) groups is 1. The minimum Gasteiger partial charge on any atom is -0.292 e. The number of allylic oxidation sites excluding steroid dienone is 3. The third-order valence-electron chi connectivity index (χ3n) is 8.03. The topological polar surface area (TPSA) is 29.3 Å². The van der Waals surface area contributed by atoms with Gasteiger partial charge in [0.1, 0.15) is 0 Å². The standard InChI is InChI=1S/C36H27N3S/c1-23(24-11-3-2-4-12-24)37-31-16-8-9-17-32(31)38-39-33-18-10-7-15-27(33)29-21-30-28-20-19-25-13-5-6-14-26(25)36(28)40-35(30)22-34(29)39/h2-7,9-15,17-22,38H,8,16H2,1H3. The Morgan fingerprint density at radius 3 is 2.45 bits per heavy atom. The predicted octanol–water partition coefficient (Wildman–Crippen LogP) is 9.93. The van der Waals surface area contributed by atoms with Crippen molar-refractivity contribution in [1.29, 1.82) is 0 Å². The second-order valence-electron chi connectivity index (χ2n) is 10.5. The Labute approximate surface area is 236 Å². The quantitative estimate of drug-likeness (QED) is 0.224. The number of fused-ring (bicyclic) bond motifs is 8. The molecule has 0 saturated carbocycles. The van der Waals surface area contributed by atoms with Crippen LogP contribution in [0.25, 0.3) is 52.8 Å². The molecule has 0 spiro atoms. The molecule has 5 aromatic carbocycles. The molecule has 40 heavy (non-hydrogen) atoms. The maximum absolute atomic E-state index is 5.11. The van der Waals surface area contributed by atoms with Crippen LogP contribution in [0.5, 0.6) is 0 Å². The molecule has 1 N–H and O–H groups in total. The molecule has 0 bridgehead atoms. The number of hydrogen-bond acceptors (Lipinski definition) is 3. The average molecular weight is 534 g/mol. The zero-order valence-electron chi connectivity index (χ0n) is 22.2. The largest absolute Gasteiger partial charge is 0.292 e. The molecule has 0 unspecified atom stereocenters. The van der Waals surface area contributed by atoms with Crippen molar-refractivity contribution >= 4 is 69.8 Å². The Morgan fingerprint density at radius 1 is 0.750 bits per heavy atom. The summed E-state index contributed by atoms with van der Waals surface area (Å²) < 4.78 is 4.91. The van der Waals surface area contributed by atoms with Crippen molar-refractivity contribution in [3.05, 3.63) is 132 Å². The van der Waals surface area contributed by atoms with Gasteiger partial charge in [-0.1, -0.05) is 91.0 Å². The first-order valence-electron chi connectivity index (χ1n) is 13.8. The zero-order valence-corrected chi connectivity index (χ0v) is 23.0. The predicted molar refractivity (Wildman–Crippen MR) is 173 cm³/mol. The van der Waals surface area contributed by atoms with Gasteiger partial charge in [-0.15, -0.1) is 11.3 Å². The molecule has 192 valence electrons. The van der Waals surface area contributed by atoms with Crippen molar-refractivity contribution in [2.24, 2.45) is 4.99 Å². The van der Waals surface area contributed by atoms with E-state index in [1.165, 1.54) is 52.8 Å². The number of para-hydroxylation sites is 1.